The Morgan fingerprint density at radius 1 is 1.24 bits per heavy atom. The summed E-state index contributed by atoms with van der Waals surface area (Å²) in [4.78, 5) is 24.7. The topological polar surface area (TPSA) is 73.5 Å². The Bertz CT molecular complexity index is 516. The molecule has 21 heavy (non-hydrogen) atoms. The van der Waals surface area contributed by atoms with Crippen molar-refractivity contribution in [1.82, 2.24) is 15.5 Å². The molecule has 2 rings (SSSR count). The summed E-state index contributed by atoms with van der Waals surface area (Å²) in [6.07, 6.45) is 0.464. The highest BCUT2D eigenvalue weighted by molar-refractivity contribution is 5.78. The van der Waals surface area contributed by atoms with Gasteiger partial charge in [0.2, 0.25) is 5.91 Å². The van der Waals surface area contributed by atoms with Crippen molar-refractivity contribution in [2.75, 3.05) is 39.0 Å². The highest BCUT2D eigenvalue weighted by Gasteiger charge is 2.23. The Labute approximate surface area is 124 Å². The lowest BCUT2D eigenvalue weighted by Gasteiger charge is -2.13. The number of nitrogens with zero attached hydrogens (tertiary/aromatic N) is 1. The van der Waals surface area contributed by atoms with Crippen LogP contribution in [0.2, 0.25) is 0 Å². The molecular weight excluding hydrogens is 268 g/mol. The standard InChI is InChI=1S/C15H22N4O2/c1-19(2)15(21)17-8-7-16-14(20)9-11-10-18-13-6-4-3-5-12(11)13/h3-6,11,18H,7-10H2,1-2H3,(H,16,20)(H,17,21). The van der Waals surface area contributed by atoms with Crippen molar-refractivity contribution >= 4 is 17.6 Å². The molecule has 1 atom stereocenters. The number of carbonyl (C=O) groups is 2. The fraction of sp³-hybridized carbons (Fsp3) is 0.467. The van der Waals surface area contributed by atoms with Gasteiger partial charge in [-0.1, -0.05) is 18.2 Å². The van der Waals surface area contributed by atoms with E-state index in [0.717, 1.165) is 12.2 Å². The van der Waals surface area contributed by atoms with Gasteiger partial charge in [-0.2, -0.15) is 0 Å². The molecule has 0 saturated carbocycles. The van der Waals surface area contributed by atoms with Crippen LogP contribution >= 0.6 is 0 Å². The molecule has 0 bridgehead atoms. The van der Waals surface area contributed by atoms with Crippen LogP contribution in [0.5, 0.6) is 0 Å². The first-order chi connectivity index (χ1) is 10.1. The number of fused-ring (bicyclic) bond motifs is 1. The molecule has 3 N–H and O–H groups in total. The highest BCUT2D eigenvalue weighted by Crippen LogP contribution is 2.32. The molecule has 114 valence electrons. The van der Waals surface area contributed by atoms with Crippen molar-refractivity contribution in [2.24, 2.45) is 0 Å². The normalized spacial score (nSPS) is 15.8. The Balaban J connectivity index is 1.70. The first-order valence-corrected chi connectivity index (χ1v) is 7.12. The fourth-order valence-corrected chi connectivity index (χ4v) is 2.36. The van der Waals surface area contributed by atoms with Gasteiger partial charge < -0.3 is 20.9 Å². The molecule has 0 aromatic heterocycles. The lowest BCUT2D eigenvalue weighted by atomic mass is 9.98. The maximum atomic E-state index is 11.9. The van der Waals surface area contributed by atoms with E-state index in [1.54, 1.807) is 14.1 Å². The van der Waals surface area contributed by atoms with E-state index in [-0.39, 0.29) is 17.9 Å². The van der Waals surface area contributed by atoms with Crippen LogP contribution in [0.15, 0.2) is 24.3 Å². The number of hydrogen-bond donors (Lipinski definition) is 3. The predicted octanol–water partition coefficient (Wildman–Crippen LogP) is 0.973. The molecule has 1 aliphatic rings. The number of carbonyl (C=O) groups excluding carboxylic acids is 2. The Kier molecular flexibility index (Phi) is 5.03. The second-order valence-electron chi connectivity index (χ2n) is 5.35. The number of benzene rings is 1. The van der Waals surface area contributed by atoms with Gasteiger partial charge >= 0.3 is 6.03 Å². The van der Waals surface area contributed by atoms with Gasteiger partial charge in [0.05, 0.1) is 0 Å². The van der Waals surface area contributed by atoms with Crippen LogP contribution in [0.1, 0.15) is 17.9 Å². The quantitative estimate of drug-likeness (QED) is 0.708. The van der Waals surface area contributed by atoms with Crippen LogP contribution < -0.4 is 16.0 Å². The van der Waals surface area contributed by atoms with Crippen LogP contribution in [-0.4, -0.2) is 50.6 Å². The lowest BCUT2D eigenvalue weighted by Crippen LogP contribution is -2.39. The Hall–Kier alpha value is -2.24. The second kappa shape index (κ2) is 6.97. The van der Waals surface area contributed by atoms with Crippen LogP contribution in [-0.2, 0) is 4.79 Å². The lowest BCUT2D eigenvalue weighted by molar-refractivity contribution is -0.121. The van der Waals surface area contributed by atoms with E-state index in [1.807, 2.05) is 18.2 Å². The molecular formula is C15H22N4O2. The smallest absolute Gasteiger partial charge is 0.316 e. The number of amides is 3. The van der Waals surface area contributed by atoms with Gasteiger partial charge in [-0.3, -0.25) is 4.79 Å². The summed E-state index contributed by atoms with van der Waals surface area (Å²) < 4.78 is 0. The summed E-state index contributed by atoms with van der Waals surface area (Å²) in [6, 6.07) is 7.92. The molecule has 1 heterocycles. The molecule has 0 aliphatic carbocycles. The maximum absolute atomic E-state index is 11.9. The number of nitrogens with one attached hydrogen (secondary N) is 3. The van der Waals surface area contributed by atoms with Crippen LogP contribution in [0.25, 0.3) is 0 Å². The number of rotatable bonds is 5. The van der Waals surface area contributed by atoms with Crippen molar-refractivity contribution in [3.8, 4) is 0 Å². The monoisotopic (exact) mass is 290 g/mol. The number of urea groups is 1. The minimum absolute atomic E-state index is 0.0117. The third kappa shape index (κ3) is 4.11. The molecule has 1 aliphatic heterocycles. The largest absolute Gasteiger partial charge is 0.384 e. The molecule has 1 aromatic carbocycles. The fourth-order valence-electron chi connectivity index (χ4n) is 2.36. The van der Waals surface area contributed by atoms with E-state index in [1.165, 1.54) is 10.5 Å². The average molecular weight is 290 g/mol. The zero-order valence-electron chi connectivity index (χ0n) is 12.5. The summed E-state index contributed by atoms with van der Waals surface area (Å²) in [5.74, 6) is 0.232. The average Bonchev–Trinajstić information content (AvgIpc) is 2.86. The van der Waals surface area contributed by atoms with Crippen molar-refractivity contribution in [3.05, 3.63) is 29.8 Å². The van der Waals surface area contributed by atoms with Crippen molar-refractivity contribution in [3.63, 3.8) is 0 Å². The van der Waals surface area contributed by atoms with Crippen molar-refractivity contribution in [1.29, 1.82) is 0 Å². The predicted molar refractivity (Wildman–Crippen MR) is 82.4 cm³/mol. The summed E-state index contributed by atoms with van der Waals surface area (Å²) >= 11 is 0. The second-order valence-corrected chi connectivity index (χ2v) is 5.35. The molecule has 0 spiro atoms. The van der Waals surface area contributed by atoms with E-state index in [9.17, 15) is 9.59 Å². The first kappa shape index (κ1) is 15.2. The van der Waals surface area contributed by atoms with Gasteiger partial charge in [-0.25, -0.2) is 4.79 Å². The van der Waals surface area contributed by atoms with Gasteiger partial charge in [0.1, 0.15) is 0 Å². The molecule has 0 saturated heterocycles. The van der Waals surface area contributed by atoms with Crippen LogP contribution in [0.4, 0.5) is 10.5 Å². The Morgan fingerprint density at radius 3 is 2.71 bits per heavy atom. The minimum atomic E-state index is -0.154. The number of hydrogen-bond acceptors (Lipinski definition) is 3. The van der Waals surface area contributed by atoms with Crippen LogP contribution in [0.3, 0.4) is 0 Å². The molecule has 1 aromatic rings. The molecule has 1 unspecified atom stereocenters. The van der Waals surface area contributed by atoms with Gasteiger partial charge in [-0.05, 0) is 11.6 Å². The summed E-state index contributed by atoms with van der Waals surface area (Å²) in [5, 5.41) is 8.85. The SMILES string of the molecule is CN(C)C(=O)NCCNC(=O)CC1CNc2ccccc21. The first-order valence-electron chi connectivity index (χ1n) is 7.12. The van der Waals surface area contributed by atoms with E-state index < -0.39 is 0 Å². The van der Waals surface area contributed by atoms with Gasteiger partial charge in [0, 0.05) is 51.8 Å². The highest BCUT2D eigenvalue weighted by atomic mass is 16.2. The third-order valence-corrected chi connectivity index (χ3v) is 3.50. The zero-order chi connectivity index (χ0) is 15.2. The molecule has 3 amide bonds. The minimum Gasteiger partial charge on any atom is -0.384 e. The third-order valence-electron chi connectivity index (χ3n) is 3.50. The molecule has 0 fully saturated rings. The number of para-hydroxylation sites is 1. The summed E-state index contributed by atoms with van der Waals surface area (Å²) in [5.41, 5.74) is 2.32. The van der Waals surface area contributed by atoms with Crippen LogP contribution in [0, 0.1) is 0 Å². The molecule has 6 heteroatoms. The van der Waals surface area contributed by atoms with Gasteiger partial charge in [0.15, 0.2) is 0 Å². The zero-order valence-corrected chi connectivity index (χ0v) is 12.5. The summed E-state index contributed by atoms with van der Waals surface area (Å²) in [7, 11) is 3.36. The van der Waals surface area contributed by atoms with Gasteiger partial charge in [0.25, 0.3) is 0 Å². The molecule has 0 radical (unpaired) electrons. The maximum Gasteiger partial charge on any atom is 0.316 e. The van der Waals surface area contributed by atoms with E-state index in [2.05, 4.69) is 22.0 Å². The van der Waals surface area contributed by atoms with E-state index in [0.29, 0.717) is 19.5 Å². The van der Waals surface area contributed by atoms with Gasteiger partial charge in [-0.15, -0.1) is 0 Å². The van der Waals surface area contributed by atoms with E-state index in [4.69, 9.17) is 0 Å². The number of anilines is 1. The Morgan fingerprint density at radius 2 is 1.95 bits per heavy atom. The molecule has 6 nitrogen and oxygen atoms in total. The summed E-state index contributed by atoms with van der Waals surface area (Å²) in [6.45, 7) is 1.67. The van der Waals surface area contributed by atoms with Crippen molar-refractivity contribution < 1.29 is 9.59 Å². The van der Waals surface area contributed by atoms with E-state index >= 15 is 0 Å². The van der Waals surface area contributed by atoms with Crippen molar-refractivity contribution in [2.45, 2.75) is 12.3 Å².